The van der Waals surface area contributed by atoms with Crippen LogP contribution < -0.4 is 9.47 Å². The molecule has 5 nitrogen and oxygen atoms in total. The zero-order chi connectivity index (χ0) is 18.4. The number of Topliss-reactive ketones (excluding diaryl/α,β-unsaturated/α-hetero) is 1. The average Bonchev–Trinajstić information content (AvgIpc) is 2.66. The molecule has 132 valence electrons. The minimum absolute atomic E-state index is 0.282. The molecule has 0 spiro atoms. The van der Waals surface area contributed by atoms with Crippen LogP contribution in [0.25, 0.3) is 0 Å². The fourth-order valence-corrected chi connectivity index (χ4v) is 2.66. The third-order valence-electron chi connectivity index (χ3n) is 3.66. The van der Waals surface area contributed by atoms with Crippen molar-refractivity contribution in [1.29, 1.82) is 0 Å². The predicted molar refractivity (Wildman–Crippen MR) is 97.0 cm³/mol. The molecular formula is C19H20O5S. The van der Waals surface area contributed by atoms with E-state index < -0.39 is 12.1 Å². The first-order valence-corrected chi connectivity index (χ1v) is 8.84. The maximum absolute atomic E-state index is 12.4. The quantitative estimate of drug-likeness (QED) is 0.425. The number of ether oxygens (including phenoxy) is 3. The first-order chi connectivity index (χ1) is 12.0. The van der Waals surface area contributed by atoms with E-state index in [0.717, 1.165) is 4.90 Å². The number of rotatable bonds is 7. The molecule has 2 aromatic rings. The van der Waals surface area contributed by atoms with Crippen LogP contribution in [0.4, 0.5) is 0 Å². The fraction of sp³-hybridized carbons (Fsp3) is 0.263. The lowest BCUT2D eigenvalue weighted by atomic mass is 10.1. The van der Waals surface area contributed by atoms with E-state index in [1.165, 1.54) is 7.11 Å². The highest BCUT2D eigenvalue weighted by Crippen LogP contribution is 2.26. The van der Waals surface area contributed by atoms with Gasteiger partial charge >= 0.3 is 5.97 Å². The average molecular weight is 360 g/mol. The Kier molecular flexibility index (Phi) is 6.47. The molecule has 1 atom stereocenters. The summed E-state index contributed by atoms with van der Waals surface area (Å²) in [5, 5.41) is 0. The number of benzene rings is 2. The molecule has 0 unspecified atom stereocenters. The Morgan fingerprint density at radius 3 is 2.24 bits per heavy atom. The van der Waals surface area contributed by atoms with Crippen molar-refractivity contribution in [3.8, 4) is 11.5 Å². The molecule has 0 aliphatic rings. The molecule has 6 heteroatoms. The molecule has 0 amide bonds. The lowest BCUT2D eigenvalue weighted by molar-refractivity contribution is 0.0315. The zero-order valence-corrected chi connectivity index (χ0v) is 15.4. The number of ketones is 1. The summed E-state index contributed by atoms with van der Waals surface area (Å²) in [7, 11) is 3.04. The molecule has 0 aromatic heterocycles. The number of hydrogen-bond donors (Lipinski definition) is 0. The Morgan fingerprint density at radius 2 is 1.68 bits per heavy atom. The summed E-state index contributed by atoms with van der Waals surface area (Å²) in [6, 6.07) is 11.9. The van der Waals surface area contributed by atoms with E-state index in [4.69, 9.17) is 14.2 Å². The molecular weight excluding hydrogens is 340 g/mol. The molecule has 0 aliphatic heterocycles. The van der Waals surface area contributed by atoms with Gasteiger partial charge in [-0.2, -0.15) is 0 Å². The normalized spacial score (nSPS) is 11.5. The Morgan fingerprint density at radius 1 is 1.00 bits per heavy atom. The van der Waals surface area contributed by atoms with Crippen LogP contribution in [0, 0.1) is 0 Å². The van der Waals surface area contributed by atoms with Gasteiger partial charge in [0, 0.05) is 10.5 Å². The standard InChI is InChI=1S/C19H20O5S/c1-12(18(20)13-5-7-14(22-2)8-6-13)24-19(21)16-10-9-15(25-4)11-17(16)23-3/h5-12H,1-4H3/t12-/m1/s1. The van der Waals surface area contributed by atoms with Gasteiger partial charge in [0.15, 0.2) is 6.10 Å². The summed E-state index contributed by atoms with van der Waals surface area (Å²) in [6.07, 6.45) is 1.02. The van der Waals surface area contributed by atoms with Crippen LogP contribution in [0.2, 0.25) is 0 Å². The van der Waals surface area contributed by atoms with Crippen molar-refractivity contribution >= 4 is 23.5 Å². The highest BCUT2D eigenvalue weighted by Gasteiger charge is 2.22. The van der Waals surface area contributed by atoms with E-state index in [9.17, 15) is 9.59 Å². The Hall–Kier alpha value is -2.47. The first-order valence-electron chi connectivity index (χ1n) is 7.61. The van der Waals surface area contributed by atoms with E-state index in [2.05, 4.69) is 0 Å². The number of carbonyl (C=O) groups excluding carboxylic acids is 2. The molecule has 2 rings (SSSR count). The second kappa shape index (κ2) is 8.58. The van der Waals surface area contributed by atoms with Crippen LogP contribution in [-0.2, 0) is 4.74 Å². The summed E-state index contributed by atoms with van der Waals surface area (Å²) >= 11 is 1.54. The number of thioether (sulfide) groups is 1. The summed E-state index contributed by atoms with van der Waals surface area (Å²) in [5.41, 5.74) is 0.737. The maximum atomic E-state index is 12.4. The smallest absolute Gasteiger partial charge is 0.342 e. The van der Waals surface area contributed by atoms with Gasteiger partial charge in [-0.05, 0) is 55.6 Å². The topological polar surface area (TPSA) is 61.8 Å². The van der Waals surface area contributed by atoms with Crippen molar-refractivity contribution in [3.05, 3.63) is 53.6 Å². The molecule has 0 aliphatic carbocycles. The SMILES string of the molecule is COc1ccc(C(=O)[C@@H](C)OC(=O)c2ccc(SC)cc2OC)cc1. The van der Waals surface area contributed by atoms with E-state index in [1.807, 2.05) is 6.26 Å². The molecule has 0 saturated carbocycles. The maximum Gasteiger partial charge on any atom is 0.342 e. The van der Waals surface area contributed by atoms with Gasteiger partial charge < -0.3 is 14.2 Å². The third-order valence-corrected chi connectivity index (χ3v) is 4.38. The number of esters is 1. The molecule has 25 heavy (non-hydrogen) atoms. The molecule has 0 radical (unpaired) electrons. The van der Waals surface area contributed by atoms with Gasteiger partial charge in [0.05, 0.1) is 14.2 Å². The largest absolute Gasteiger partial charge is 0.497 e. The van der Waals surface area contributed by atoms with Crippen LogP contribution in [0.5, 0.6) is 11.5 Å². The number of hydrogen-bond acceptors (Lipinski definition) is 6. The Labute approximate surface area is 151 Å². The van der Waals surface area contributed by atoms with Gasteiger partial charge in [-0.1, -0.05) is 0 Å². The van der Waals surface area contributed by atoms with Gasteiger partial charge in [-0.25, -0.2) is 4.79 Å². The minimum Gasteiger partial charge on any atom is -0.497 e. The molecule has 0 N–H and O–H groups in total. The van der Waals surface area contributed by atoms with Crippen LogP contribution in [0.15, 0.2) is 47.4 Å². The third kappa shape index (κ3) is 4.54. The van der Waals surface area contributed by atoms with Crippen molar-refractivity contribution in [2.24, 2.45) is 0 Å². The van der Waals surface area contributed by atoms with Gasteiger partial charge in [0.25, 0.3) is 0 Å². The van der Waals surface area contributed by atoms with Crippen molar-refractivity contribution < 1.29 is 23.8 Å². The molecule has 2 aromatic carbocycles. The highest BCUT2D eigenvalue weighted by atomic mass is 32.2. The van der Waals surface area contributed by atoms with Crippen molar-refractivity contribution in [2.75, 3.05) is 20.5 Å². The van der Waals surface area contributed by atoms with Gasteiger partial charge in [-0.3, -0.25) is 4.79 Å². The Balaban J connectivity index is 2.12. The lowest BCUT2D eigenvalue weighted by Gasteiger charge is -2.14. The number of methoxy groups -OCH3 is 2. The van der Waals surface area contributed by atoms with Crippen LogP contribution >= 0.6 is 11.8 Å². The van der Waals surface area contributed by atoms with Crippen LogP contribution in [0.3, 0.4) is 0 Å². The predicted octanol–water partition coefficient (Wildman–Crippen LogP) is 3.85. The lowest BCUT2D eigenvalue weighted by Crippen LogP contribution is -2.24. The summed E-state index contributed by atoms with van der Waals surface area (Å²) in [4.78, 5) is 25.8. The molecule has 0 bridgehead atoms. The summed E-state index contributed by atoms with van der Waals surface area (Å²) in [6.45, 7) is 1.55. The fourth-order valence-electron chi connectivity index (χ4n) is 2.23. The van der Waals surface area contributed by atoms with Gasteiger partial charge in [0.1, 0.15) is 17.1 Å². The van der Waals surface area contributed by atoms with Crippen LogP contribution in [0.1, 0.15) is 27.6 Å². The van der Waals surface area contributed by atoms with Crippen molar-refractivity contribution in [3.63, 3.8) is 0 Å². The Bertz CT molecular complexity index is 755. The molecule has 0 fully saturated rings. The van der Waals surface area contributed by atoms with E-state index >= 15 is 0 Å². The van der Waals surface area contributed by atoms with Gasteiger partial charge in [-0.15, -0.1) is 11.8 Å². The summed E-state index contributed by atoms with van der Waals surface area (Å²) in [5.74, 6) is 0.190. The zero-order valence-electron chi connectivity index (χ0n) is 14.6. The monoisotopic (exact) mass is 360 g/mol. The molecule has 0 saturated heterocycles. The second-order valence-corrected chi connectivity index (χ2v) is 6.09. The summed E-state index contributed by atoms with van der Waals surface area (Å²) < 4.78 is 15.6. The van der Waals surface area contributed by atoms with Gasteiger partial charge in [0.2, 0.25) is 5.78 Å². The van der Waals surface area contributed by atoms with E-state index in [-0.39, 0.29) is 11.3 Å². The first kappa shape index (κ1) is 18.9. The van der Waals surface area contributed by atoms with E-state index in [1.54, 1.807) is 68.3 Å². The van der Waals surface area contributed by atoms with Crippen LogP contribution in [-0.4, -0.2) is 38.3 Å². The highest BCUT2D eigenvalue weighted by molar-refractivity contribution is 7.98. The van der Waals surface area contributed by atoms with Crippen molar-refractivity contribution in [1.82, 2.24) is 0 Å². The minimum atomic E-state index is -0.911. The molecule has 0 heterocycles. The second-order valence-electron chi connectivity index (χ2n) is 5.21. The van der Waals surface area contributed by atoms with Crippen molar-refractivity contribution in [2.45, 2.75) is 17.9 Å². The number of carbonyl (C=O) groups is 2. The van der Waals surface area contributed by atoms with E-state index in [0.29, 0.717) is 17.1 Å².